The molecule has 5 heteroatoms. The van der Waals surface area contributed by atoms with Crippen LogP contribution in [0.5, 0.6) is 0 Å². The summed E-state index contributed by atoms with van der Waals surface area (Å²) in [7, 11) is 0. The van der Waals surface area contributed by atoms with Crippen molar-refractivity contribution in [3.8, 4) is 11.5 Å². The van der Waals surface area contributed by atoms with Gasteiger partial charge in [0.25, 0.3) is 0 Å². The Labute approximate surface area is 156 Å². The second-order valence-electron chi connectivity index (χ2n) is 6.82. The summed E-state index contributed by atoms with van der Waals surface area (Å²) in [4.78, 5) is 20.2. The molecule has 0 unspecified atom stereocenters. The summed E-state index contributed by atoms with van der Waals surface area (Å²) in [6, 6.07) is 14.4. The number of benzene rings is 2. The van der Waals surface area contributed by atoms with E-state index < -0.39 is 0 Å². The topological polar surface area (TPSA) is 50.7 Å². The maximum atomic E-state index is 13.3. The lowest BCUT2D eigenvalue weighted by molar-refractivity contribution is 0.101. The van der Waals surface area contributed by atoms with Gasteiger partial charge in [-0.25, -0.2) is 9.37 Å². The van der Waals surface area contributed by atoms with E-state index in [1.165, 1.54) is 12.1 Å². The molecule has 4 aromatic rings. The zero-order valence-electron chi connectivity index (χ0n) is 15.5. The number of fused-ring (bicyclic) bond motifs is 1. The number of para-hydroxylation sites is 2. The smallest absolute Gasteiger partial charge is 0.161 e. The van der Waals surface area contributed by atoms with Crippen molar-refractivity contribution >= 4 is 16.8 Å². The average molecular weight is 361 g/mol. The minimum Gasteiger partial charge on any atom is -0.355 e. The van der Waals surface area contributed by atoms with E-state index in [1.807, 2.05) is 38.1 Å². The van der Waals surface area contributed by atoms with E-state index in [1.54, 1.807) is 19.1 Å². The molecule has 4 rings (SSSR count). The van der Waals surface area contributed by atoms with Gasteiger partial charge in [0.2, 0.25) is 0 Å². The molecule has 0 spiro atoms. The summed E-state index contributed by atoms with van der Waals surface area (Å²) < 4.78 is 15.4. The maximum Gasteiger partial charge on any atom is 0.161 e. The van der Waals surface area contributed by atoms with E-state index in [4.69, 9.17) is 4.98 Å². The monoisotopic (exact) mass is 361 g/mol. The molecule has 0 fully saturated rings. The van der Waals surface area contributed by atoms with E-state index in [0.717, 1.165) is 39.4 Å². The number of hydrogen-bond acceptors (Lipinski definition) is 2. The van der Waals surface area contributed by atoms with Gasteiger partial charge in [-0.1, -0.05) is 24.3 Å². The number of Topliss-reactive ketones (excluding diaryl/α,β-unsaturated/α-hetero) is 1. The van der Waals surface area contributed by atoms with Crippen molar-refractivity contribution in [2.75, 3.05) is 0 Å². The SMILES string of the molecule is CC(=O)c1c(C)[nH]c(-c2nc3ccccc3n2Cc2ccc(F)cc2)c1C. The fourth-order valence-corrected chi connectivity index (χ4v) is 3.70. The van der Waals surface area contributed by atoms with Crippen LogP contribution in [0.2, 0.25) is 0 Å². The summed E-state index contributed by atoms with van der Waals surface area (Å²) in [5, 5.41) is 0. The van der Waals surface area contributed by atoms with Crippen molar-refractivity contribution < 1.29 is 9.18 Å². The maximum absolute atomic E-state index is 13.3. The molecule has 0 saturated carbocycles. The minimum absolute atomic E-state index is 0.0358. The molecule has 0 aliphatic rings. The van der Waals surface area contributed by atoms with E-state index in [-0.39, 0.29) is 11.6 Å². The second kappa shape index (κ2) is 6.50. The van der Waals surface area contributed by atoms with Gasteiger partial charge in [0.05, 0.1) is 16.7 Å². The van der Waals surface area contributed by atoms with Crippen molar-refractivity contribution in [2.24, 2.45) is 0 Å². The molecule has 0 aliphatic carbocycles. The van der Waals surface area contributed by atoms with Crippen molar-refractivity contribution in [2.45, 2.75) is 27.3 Å². The van der Waals surface area contributed by atoms with Crippen molar-refractivity contribution in [3.63, 3.8) is 0 Å². The molecule has 0 radical (unpaired) electrons. The van der Waals surface area contributed by atoms with E-state index in [2.05, 4.69) is 9.55 Å². The summed E-state index contributed by atoms with van der Waals surface area (Å²) in [5.41, 5.74) is 6.15. The van der Waals surface area contributed by atoms with Crippen LogP contribution in [0.3, 0.4) is 0 Å². The number of aromatic nitrogens is 3. The van der Waals surface area contributed by atoms with Gasteiger partial charge in [-0.05, 0) is 56.2 Å². The average Bonchev–Trinajstić information content (AvgIpc) is 3.14. The lowest BCUT2D eigenvalue weighted by Crippen LogP contribution is -2.03. The van der Waals surface area contributed by atoms with Crippen LogP contribution >= 0.6 is 0 Å². The molecular weight excluding hydrogens is 341 g/mol. The van der Waals surface area contributed by atoms with Gasteiger partial charge in [-0.3, -0.25) is 4.79 Å². The molecule has 0 amide bonds. The Morgan fingerprint density at radius 2 is 1.81 bits per heavy atom. The van der Waals surface area contributed by atoms with Gasteiger partial charge in [0.1, 0.15) is 5.82 Å². The predicted octanol–water partition coefficient (Wildman–Crippen LogP) is 5.04. The van der Waals surface area contributed by atoms with E-state index >= 15 is 0 Å². The highest BCUT2D eigenvalue weighted by Gasteiger charge is 2.21. The fourth-order valence-electron chi connectivity index (χ4n) is 3.70. The van der Waals surface area contributed by atoms with Crippen LogP contribution < -0.4 is 0 Å². The van der Waals surface area contributed by atoms with Crippen LogP contribution in [0.15, 0.2) is 48.5 Å². The van der Waals surface area contributed by atoms with Crippen LogP contribution in [0.25, 0.3) is 22.6 Å². The number of ketones is 1. The number of hydrogen-bond donors (Lipinski definition) is 1. The van der Waals surface area contributed by atoms with Gasteiger partial charge < -0.3 is 9.55 Å². The van der Waals surface area contributed by atoms with Gasteiger partial charge in [0, 0.05) is 17.8 Å². The molecular formula is C22H20FN3O. The number of H-pyrrole nitrogens is 1. The molecule has 2 heterocycles. The first-order valence-corrected chi connectivity index (χ1v) is 8.86. The Morgan fingerprint density at radius 1 is 1.11 bits per heavy atom. The van der Waals surface area contributed by atoms with Gasteiger partial charge in [0.15, 0.2) is 11.6 Å². The first-order chi connectivity index (χ1) is 13.0. The van der Waals surface area contributed by atoms with Crippen molar-refractivity contribution in [3.05, 3.63) is 76.7 Å². The number of halogens is 1. The Bertz CT molecular complexity index is 1150. The Hall–Kier alpha value is -3.21. The molecule has 27 heavy (non-hydrogen) atoms. The standard InChI is InChI=1S/C22H20FN3O/c1-13-20(15(3)27)14(2)24-21(13)22-25-18-6-4-5-7-19(18)26(22)12-16-8-10-17(23)11-9-16/h4-11,24H,12H2,1-3H3. The van der Waals surface area contributed by atoms with E-state index in [9.17, 15) is 9.18 Å². The third-order valence-corrected chi connectivity index (χ3v) is 4.92. The molecule has 4 nitrogen and oxygen atoms in total. The number of rotatable bonds is 4. The number of nitrogens with zero attached hydrogens (tertiary/aromatic N) is 2. The van der Waals surface area contributed by atoms with Gasteiger partial charge in [-0.2, -0.15) is 0 Å². The summed E-state index contributed by atoms with van der Waals surface area (Å²) >= 11 is 0. The zero-order chi connectivity index (χ0) is 19.1. The highest BCUT2D eigenvalue weighted by atomic mass is 19.1. The molecule has 2 aromatic heterocycles. The predicted molar refractivity (Wildman–Crippen MR) is 105 cm³/mol. The molecule has 0 atom stereocenters. The van der Waals surface area contributed by atoms with Gasteiger partial charge >= 0.3 is 0 Å². The lowest BCUT2D eigenvalue weighted by Gasteiger charge is -2.10. The minimum atomic E-state index is -0.253. The first-order valence-electron chi connectivity index (χ1n) is 8.86. The largest absolute Gasteiger partial charge is 0.355 e. The third-order valence-electron chi connectivity index (χ3n) is 4.92. The molecule has 0 saturated heterocycles. The normalized spacial score (nSPS) is 11.3. The van der Waals surface area contributed by atoms with Crippen molar-refractivity contribution in [1.29, 1.82) is 0 Å². The molecule has 136 valence electrons. The lowest BCUT2D eigenvalue weighted by atomic mass is 10.1. The van der Waals surface area contributed by atoms with E-state index in [0.29, 0.717) is 12.1 Å². The van der Waals surface area contributed by atoms with Crippen LogP contribution in [-0.2, 0) is 6.54 Å². The quantitative estimate of drug-likeness (QED) is 0.518. The molecule has 2 aromatic carbocycles. The fraction of sp³-hybridized carbons (Fsp3) is 0.182. The molecule has 0 bridgehead atoms. The van der Waals surface area contributed by atoms with Crippen molar-refractivity contribution in [1.82, 2.24) is 14.5 Å². The summed E-state index contributed by atoms with van der Waals surface area (Å²) in [5.74, 6) is 0.554. The highest BCUT2D eigenvalue weighted by Crippen LogP contribution is 2.30. The second-order valence-corrected chi connectivity index (χ2v) is 6.82. The highest BCUT2D eigenvalue weighted by molar-refractivity contribution is 5.98. The number of carbonyl (C=O) groups excluding carboxylic acids is 1. The number of aryl methyl sites for hydroxylation is 1. The summed E-state index contributed by atoms with van der Waals surface area (Å²) in [6.07, 6.45) is 0. The number of nitrogens with one attached hydrogen (secondary N) is 1. The molecule has 1 N–H and O–H groups in total. The number of aromatic amines is 1. The number of imidazole rings is 1. The summed E-state index contributed by atoms with van der Waals surface area (Å²) in [6.45, 7) is 5.98. The Balaban J connectivity index is 1.92. The zero-order valence-corrected chi connectivity index (χ0v) is 15.5. The third kappa shape index (κ3) is 2.95. The first kappa shape index (κ1) is 17.2. The van der Waals surface area contributed by atoms with Crippen LogP contribution in [-0.4, -0.2) is 20.3 Å². The number of carbonyl (C=O) groups is 1. The Kier molecular flexibility index (Phi) is 4.15. The van der Waals surface area contributed by atoms with Crippen LogP contribution in [0.4, 0.5) is 4.39 Å². The Morgan fingerprint density at radius 3 is 2.48 bits per heavy atom. The molecule has 0 aliphatic heterocycles. The van der Waals surface area contributed by atoms with Crippen LogP contribution in [0.1, 0.15) is 34.1 Å². The van der Waals surface area contributed by atoms with Crippen LogP contribution in [0, 0.1) is 19.7 Å². The van der Waals surface area contributed by atoms with Gasteiger partial charge in [-0.15, -0.1) is 0 Å².